The molecule has 1 saturated carbocycles. The molecule has 2 aliphatic carbocycles. The summed E-state index contributed by atoms with van der Waals surface area (Å²) in [5.74, 6) is 1.25. The molecular formula is C23H29N5O4S. The third-order valence-corrected chi connectivity index (χ3v) is 8.36. The van der Waals surface area contributed by atoms with Crippen molar-refractivity contribution >= 4 is 27.2 Å². The molecule has 2 aliphatic rings. The van der Waals surface area contributed by atoms with Gasteiger partial charge in [-0.2, -0.15) is 12.7 Å². The van der Waals surface area contributed by atoms with Gasteiger partial charge in [0.2, 0.25) is 0 Å². The normalized spacial score (nSPS) is 27.4. The minimum absolute atomic E-state index is 0.148. The molecule has 3 N–H and O–H groups in total. The molecule has 0 unspecified atom stereocenters. The first-order valence-electron chi connectivity index (χ1n) is 11.3. The summed E-state index contributed by atoms with van der Waals surface area (Å²) < 4.78 is 35.3. The highest BCUT2D eigenvalue weighted by Crippen LogP contribution is 2.41. The van der Waals surface area contributed by atoms with Crippen LogP contribution in [0.15, 0.2) is 42.9 Å². The quantitative estimate of drug-likeness (QED) is 0.473. The van der Waals surface area contributed by atoms with E-state index in [-0.39, 0.29) is 12.1 Å². The van der Waals surface area contributed by atoms with Crippen molar-refractivity contribution < 1.29 is 18.1 Å². The molecule has 0 spiro atoms. The Morgan fingerprint density at radius 3 is 2.76 bits per heavy atom. The lowest BCUT2D eigenvalue weighted by atomic mass is 9.98. The van der Waals surface area contributed by atoms with Crippen LogP contribution in [0.5, 0.6) is 0 Å². The lowest BCUT2D eigenvalue weighted by molar-refractivity contribution is 0.117. The Bertz CT molecular complexity index is 1280. The Hall–Kier alpha value is -2.53. The number of hydrogen-bond acceptors (Lipinski definition) is 6. The third kappa shape index (κ3) is 3.90. The number of hydrogen-bond donors (Lipinski definition) is 3. The minimum Gasteiger partial charge on any atom is -0.391 e. The number of likely N-dealkylation sites (N-methyl/N-ethyl adjacent to an activating group) is 1. The van der Waals surface area contributed by atoms with E-state index in [4.69, 9.17) is 0 Å². The van der Waals surface area contributed by atoms with Crippen molar-refractivity contribution in [3.8, 4) is 0 Å². The van der Waals surface area contributed by atoms with Gasteiger partial charge in [0.1, 0.15) is 17.8 Å². The Balaban J connectivity index is 1.44. The number of fused-ring (bicyclic) bond motifs is 2. The standard InChI is InChI=1S/C23H29N5O4S/c1-3-14-10-15-6-4-5-7-17(15)21(14)26-22-18-8-9-28(23(18)25-13-24-22)16-11-19(20(29)12-16)27(2)33(30,31)32/h4-9,13-14,16,19-21,29H,3,10-12H2,1-2H3,(H,24,25,26)(H,30,31,32)/t14-,16+,19-,20-,21-/m1/s1. The van der Waals surface area contributed by atoms with Crippen LogP contribution in [-0.4, -0.2) is 56.1 Å². The van der Waals surface area contributed by atoms with Gasteiger partial charge >= 0.3 is 10.3 Å². The fourth-order valence-corrected chi connectivity index (χ4v) is 6.11. The molecule has 2 heterocycles. The van der Waals surface area contributed by atoms with Crippen LogP contribution in [0.2, 0.25) is 0 Å². The lowest BCUT2D eigenvalue weighted by Gasteiger charge is -2.23. The van der Waals surface area contributed by atoms with Crippen LogP contribution in [0.4, 0.5) is 5.82 Å². The molecule has 3 aromatic rings. The third-order valence-electron chi connectivity index (χ3n) is 7.37. The molecule has 2 aromatic heterocycles. The van der Waals surface area contributed by atoms with E-state index in [1.54, 1.807) is 0 Å². The maximum atomic E-state index is 11.6. The van der Waals surface area contributed by atoms with Gasteiger partial charge in [0.25, 0.3) is 0 Å². The zero-order valence-corrected chi connectivity index (χ0v) is 19.5. The van der Waals surface area contributed by atoms with Crippen molar-refractivity contribution in [1.82, 2.24) is 18.8 Å². The molecule has 0 radical (unpaired) electrons. The molecule has 1 aromatic carbocycles. The molecule has 0 amide bonds. The molecule has 5 atom stereocenters. The van der Waals surface area contributed by atoms with Gasteiger partial charge in [-0.3, -0.25) is 4.55 Å². The van der Waals surface area contributed by atoms with E-state index in [1.165, 1.54) is 24.5 Å². The highest BCUT2D eigenvalue weighted by Gasteiger charge is 2.40. The topological polar surface area (TPSA) is 121 Å². The van der Waals surface area contributed by atoms with Crippen molar-refractivity contribution in [2.24, 2.45) is 5.92 Å². The first kappa shape index (κ1) is 22.3. The summed E-state index contributed by atoms with van der Waals surface area (Å²) >= 11 is 0. The highest BCUT2D eigenvalue weighted by molar-refractivity contribution is 7.83. The lowest BCUT2D eigenvalue weighted by Crippen LogP contribution is -2.41. The summed E-state index contributed by atoms with van der Waals surface area (Å²) in [6, 6.07) is 9.82. The van der Waals surface area contributed by atoms with Gasteiger partial charge in [0, 0.05) is 19.3 Å². The highest BCUT2D eigenvalue weighted by atomic mass is 32.2. The van der Waals surface area contributed by atoms with Gasteiger partial charge in [0.15, 0.2) is 0 Å². The summed E-state index contributed by atoms with van der Waals surface area (Å²) in [5, 5.41) is 15.0. The van der Waals surface area contributed by atoms with Gasteiger partial charge in [0.05, 0.1) is 23.6 Å². The molecule has 9 nitrogen and oxygen atoms in total. The number of aromatic nitrogens is 3. The molecule has 176 valence electrons. The van der Waals surface area contributed by atoms with Crippen LogP contribution < -0.4 is 5.32 Å². The summed E-state index contributed by atoms with van der Waals surface area (Å²) in [7, 11) is -3.09. The van der Waals surface area contributed by atoms with E-state index >= 15 is 0 Å². The average Bonchev–Trinajstić information content (AvgIpc) is 3.48. The van der Waals surface area contributed by atoms with Crippen molar-refractivity contribution in [1.29, 1.82) is 0 Å². The number of nitrogens with zero attached hydrogens (tertiary/aromatic N) is 4. The Morgan fingerprint density at radius 1 is 1.21 bits per heavy atom. The smallest absolute Gasteiger partial charge is 0.335 e. The second kappa shape index (κ2) is 8.35. The molecule has 0 aliphatic heterocycles. The Kier molecular flexibility index (Phi) is 5.64. The number of rotatable bonds is 6. The molecule has 1 fully saturated rings. The SMILES string of the molecule is CC[C@@H]1Cc2ccccc2[C@@H]1Nc1ncnc2c1ccn2[C@@H]1C[C@@H](O)[C@H](N(C)S(=O)(=O)O)C1. The van der Waals surface area contributed by atoms with Gasteiger partial charge in [-0.25, -0.2) is 9.97 Å². The van der Waals surface area contributed by atoms with Gasteiger partial charge in [-0.15, -0.1) is 0 Å². The van der Waals surface area contributed by atoms with Crippen LogP contribution >= 0.6 is 0 Å². The first-order chi connectivity index (χ1) is 15.8. The second-order valence-corrected chi connectivity index (χ2v) is 10.6. The maximum absolute atomic E-state index is 11.6. The van der Waals surface area contributed by atoms with Crippen molar-refractivity contribution in [2.75, 3.05) is 12.4 Å². The molecule has 33 heavy (non-hydrogen) atoms. The number of anilines is 1. The predicted molar refractivity (Wildman–Crippen MR) is 125 cm³/mol. The maximum Gasteiger partial charge on any atom is 0.335 e. The fourth-order valence-electron chi connectivity index (χ4n) is 5.54. The van der Waals surface area contributed by atoms with Crippen LogP contribution in [0, 0.1) is 5.92 Å². The fraction of sp³-hybridized carbons (Fsp3) is 0.478. The van der Waals surface area contributed by atoms with Gasteiger partial charge < -0.3 is 15.0 Å². The van der Waals surface area contributed by atoms with Crippen LogP contribution in [0.25, 0.3) is 11.0 Å². The van der Waals surface area contributed by atoms with E-state index in [1.807, 2.05) is 16.8 Å². The predicted octanol–water partition coefficient (Wildman–Crippen LogP) is 2.97. The second-order valence-electron chi connectivity index (χ2n) is 9.13. The summed E-state index contributed by atoms with van der Waals surface area (Å²) in [6.45, 7) is 2.21. The zero-order chi connectivity index (χ0) is 23.3. The molecule has 10 heteroatoms. The monoisotopic (exact) mass is 471 g/mol. The molecule has 5 rings (SSSR count). The van der Waals surface area contributed by atoms with Crippen molar-refractivity contribution in [2.45, 2.75) is 56.8 Å². The van der Waals surface area contributed by atoms with Crippen LogP contribution in [-0.2, 0) is 16.7 Å². The number of aliphatic hydroxyl groups is 1. The summed E-state index contributed by atoms with van der Waals surface area (Å²) in [5.41, 5.74) is 3.42. The van der Waals surface area contributed by atoms with Crippen molar-refractivity contribution in [3.63, 3.8) is 0 Å². The molecule has 0 bridgehead atoms. The van der Waals surface area contributed by atoms with E-state index in [9.17, 15) is 18.1 Å². The van der Waals surface area contributed by atoms with Crippen LogP contribution in [0.3, 0.4) is 0 Å². The summed E-state index contributed by atoms with van der Waals surface area (Å²) in [6.07, 6.45) is 5.43. The van der Waals surface area contributed by atoms with E-state index in [0.29, 0.717) is 18.8 Å². The number of aliphatic hydroxyl groups excluding tert-OH is 1. The minimum atomic E-state index is -4.38. The Labute approximate surface area is 193 Å². The molecule has 0 saturated heterocycles. The number of nitrogens with one attached hydrogen (secondary N) is 1. The van der Waals surface area contributed by atoms with E-state index in [0.717, 1.165) is 34.0 Å². The van der Waals surface area contributed by atoms with Crippen molar-refractivity contribution in [3.05, 3.63) is 54.0 Å². The van der Waals surface area contributed by atoms with E-state index in [2.05, 4.69) is 46.5 Å². The largest absolute Gasteiger partial charge is 0.391 e. The number of benzene rings is 1. The van der Waals surface area contributed by atoms with E-state index < -0.39 is 22.4 Å². The first-order valence-corrected chi connectivity index (χ1v) is 12.7. The Morgan fingerprint density at radius 2 is 2.00 bits per heavy atom. The van der Waals surface area contributed by atoms with Gasteiger partial charge in [-0.1, -0.05) is 37.6 Å². The van der Waals surface area contributed by atoms with Crippen LogP contribution in [0.1, 0.15) is 49.4 Å². The molecular weight excluding hydrogens is 442 g/mol. The summed E-state index contributed by atoms with van der Waals surface area (Å²) in [4.78, 5) is 9.03. The zero-order valence-electron chi connectivity index (χ0n) is 18.7. The average molecular weight is 472 g/mol. The van der Waals surface area contributed by atoms with Gasteiger partial charge in [-0.05, 0) is 42.4 Å².